The molecule has 1 N–H and O–H groups in total. The molecule has 0 saturated carbocycles. The van der Waals surface area contributed by atoms with Crippen LogP contribution in [0.1, 0.15) is 35.3 Å². The van der Waals surface area contributed by atoms with Gasteiger partial charge in [0.25, 0.3) is 11.8 Å². The summed E-state index contributed by atoms with van der Waals surface area (Å²) in [6, 6.07) is 14.8. The Morgan fingerprint density at radius 1 is 1.18 bits per heavy atom. The number of ether oxygens (including phenoxy) is 1. The predicted octanol–water partition coefficient (Wildman–Crippen LogP) is 2.63. The van der Waals surface area contributed by atoms with Gasteiger partial charge in [-0.3, -0.25) is 14.4 Å². The Bertz CT molecular complexity index is 909. The van der Waals surface area contributed by atoms with Crippen LogP contribution in [0.3, 0.4) is 0 Å². The first kappa shape index (κ1) is 19.6. The Morgan fingerprint density at radius 2 is 1.93 bits per heavy atom. The van der Waals surface area contributed by atoms with Crippen LogP contribution in [0.4, 0.5) is 5.69 Å². The van der Waals surface area contributed by atoms with E-state index in [0.717, 1.165) is 23.2 Å². The maximum atomic E-state index is 12.8. The number of esters is 1. The van der Waals surface area contributed by atoms with E-state index < -0.39 is 12.1 Å². The van der Waals surface area contributed by atoms with Gasteiger partial charge >= 0.3 is 5.97 Å². The monoisotopic (exact) mass is 380 g/mol. The van der Waals surface area contributed by atoms with Crippen LogP contribution in [0.5, 0.6) is 0 Å². The number of benzene rings is 2. The van der Waals surface area contributed by atoms with Crippen LogP contribution in [-0.2, 0) is 20.7 Å². The minimum absolute atomic E-state index is 0.00655. The molecule has 2 atom stereocenters. The summed E-state index contributed by atoms with van der Waals surface area (Å²) in [6.07, 6.45) is -0.160. The van der Waals surface area contributed by atoms with Crippen molar-refractivity contribution < 1.29 is 19.1 Å². The average molecular weight is 380 g/mol. The van der Waals surface area contributed by atoms with Gasteiger partial charge in [-0.2, -0.15) is 0 Å². The molecule has 2 aromatic carbocycles. The second kappa shape index (κ2) is 8.25. The van der Waals surface area contributed by atoms with E-state index in [2.05, 4.69) is 5.32 Å². The van der Waals surface area contributed by atoms with Gasteiger partial charge < -0.3 is 15.0 Å². The summed E-state index contributed by atoms with van der Waals surface area (Å²) >= 11 is 0. The zero-order chi connectivity index (χ0) is 20.3. The SMILES string of the molecule is Cc1cccc(C(=O)NCC(=O)O[C@@H](C)C(=O)N2c3ccccc3C[C@H]2C)c1. The number of carbonyl (C=O) groups is 3. The van der Waals surface area contributed by atoms with Crippen molar-refractivity contribution in [2.75, 3.05) is 11.4 Å². The molecular weight excluding hydrogens is 356 g/mol. The molecule has 0 aromatic heterocycles. The molecule has 0 fully saturated rings. The van der Waals surface area contributed by atoms with Gasteiger partial charge in [-0.05, 0) is 51.0 Å². The first-order valence-electron chi connectivity index (χ1n) is 9.32. The molecular formula is C22H24N2O4. The van der Waals surface area contributed by atoms with E-state index in [1.165, 1.54) is 0 Å². The molecule has 0 aliphatic carbocycles. The summed E-state index contributed by atoms with van der Waals surface area (Å²) in [4.78, 5) is 38.7. The van der Waals surface area contributed by atoms with Crippen molar-refractivity contribution in [3.05, 3.63) is 65.2 Å². The molecule has 0 unspecified atom stereocenters. The van der Waals surface area contributed by atoms with Crippen molar-refractivity contribution in [2.24, 2.45) is 0 Å². The predicted molar refractivity (Wildman–Crippen MR) is 106 cm³/mol. The minimum atomic E-state index is -0.933. The molecule has 0 radical (unpaired) electrons. The largest absolute Gasteiger partial charge is 0.451 e. The number of para-hydroxylation sites is 1. The second-order valence-electron chi connectivity index (χ2n) is 7.07. The molecule has 6 nitrogen and oxygen atoms in total. The fourth-order valence-electron chi connectivity index (χ4n) is 3.43. The number of aryl methyl sites for hydroxylation is 1. The highest BCUT2D eigenvalue weighted by Gasteiger charge is 2.34. The molecule has 1 aliphatic heterocycles. The summed E-state index contributed by atoms with van der Waals surface area (Å²) in [7, 11) is 0. The third-order valence-corrected chi connectivity index (χ3v) is 4.77. The summed E-state index contributed by atoms with van der Waals surface area (Å²) in [5, 5.41) is 2.53. The lowest BCUT2D eigenvalue weighted by Crippen LogP contribution is -2.44. The molecule has 2 amide bonds. The lowest BCUT2D eigenvalue weighted by Gasteiger charge is -2.26. The van der Waals surface area contributed by atoms with Crippen molar-refractivity contribution in [1.29, 1.82) is 0 Å². The number of rotatable bonds is 5. The standard InChI is InChI=1S/C22H24N2O4/c1-14-7-6-9-18(11-14)21(26)23-13-20(25)28-16(3)22(27)24-15(2)12-17-8-4-5-10-19(17)24/h4-11,15-16H,12-13H2,1-3H3,(H,23,26)/t15-,16+/m1/s1. The number of amides is 2. The summed E-state index contributed by atoms with van der Waals surface area (Å²) in [5.41, 5.74) is 3.39. The van der Waals surface area contributed by atoms with E-state index >= 15 is 0 Å². The highest BCUT2D eigenvalue weighted by Crippen LogP contribution is 2.32. The topological polar surface area (TPSA) is 75.7 Å². The molecule has 1 heterocycles. The van der Waals surface area contributed by atoms with E-state index in [-0.39, 0.29) is 24.4 Å². The number of hydrogen-bond acceptors (Lipinski definition) is 4. The fourth-order valence-corrected chi connectivity index (χ4v) is 3.43. The average Bonchev–Trinajstić information content (AvgIpc) is 3.01. The zero-order valence-electron chi connectivity index (χ0n) is 16.3. The van der Waals surface area contributed by atoms with Crippen LogP contribution < -0.4 is 10.2 Å². The molecule has 6 heteroatoms. The van der Waals surface area contributed by atoms with Crippen LogP contribution in [0.15, 0.2) is 48.5 Å². The van der Waals surface area contributed by atoms with Crippen molar-refractivity contribution >= 4 is 23.5 Å². The van der Waals surface area contributed by atoms with Gasteiger partial charge in [-0.25, -0.2) is 0 Å². The van der Waals surface area contributed by atoms with Gasteiger partial charge in [-0.1, -0.05) is 35.9 Å². The lowest BCUT2D eigenvalue weighted by molar-refractivity contribution is -0.152. The van der Waals surface area contributed by atoms with Gasteiger partial charge in [-0.15, -0.1) is 0 Å². The van der Waals surface area contributed by atoms with E-state index in [1.807, 2.05) is 44.2 Å². The van der Waals surface area contributed by atoms with Crippen LogP contribution in [-0.4, -0.2) is 36.5 Å². The van der Waals surface area contributed by atoms with Crippen LogP contribution in [0.2, 0.25) is 0 Å². The van der Waals surface area contributed by atoms with Crippen LogP contribution in [0, 0.1) is 6.92 Å². The van der Waals surface area contributed by atoms with E-state index in [1.54, 1.807) is 30.0 Å². The zero-order valence-corrected chi connectivity index (χ0v) is 16.3. The van der Waals surface area contributed by atoms with Gasteiger partial charge in [0.05, 0.1) is 0 Å². The molecule has 0 spiro atoms. The lowest BCUT2D eigenvalue weighted by atomic mass is 10.1. The molecule has 0 saturated heterocycles. The normalized spacial score (nSPS) is 16.2. The van der Waals surface area contributed by atoms with Gasteiger partial charge in [0.1, 0.15) is 6.54 Å². The number of hydrogen-bond donors (Lipinski definition) is 1. The Balaban J connectivity index is 1.55. The molecule has 146 valence electrons. The first-order valence-corrected chi connectivity index (χ1v) is 9.32. The summed E-state index contributed by atoms with van der Waals surface area (Å²) in [6.45, 7) is 5.11. The Labute approximate surface area is 164 Å². The van der Waals surface area contributed by atoms with Crippen molar-refractivity contribution in [1.82, 2.24) is 5.32 Å². The number of carbonyl (C=O) groups excluding carboxylic acids is 3. The van der Waals surface area contributed by atoms with Crippen LogP contribution in [0.25, 0.3) is 0 Å². The maximum Gasteiger partial charge on any atom is 0.326 e. The molecule has 28 heavy (non-hydrogen) atoms. The molecule has 2 aromatic rings. The third-order valence-electron chi connectivity index (χ3n) is 4.77. The van der Waals surface area contributed by atoms with E-state index in [0.29, 0.717) is 5.56 Å². The number of nitrogens with one attached hydrogen (secondary N) is 1. The van der Waals surface area contributed by atoms with E-state index in [4.69, 9.17) is 4.74 Å². The number of anilines is 1. The minimum Gasteiger partial charge on any atom is -0.451 e. The molecule has 3 rings (SSSR count). The number of nitrogens with zero attached hydrogens (tertiary/aromatic N) is 1. The van der Waals surface area contributed by atoms with Crippen molar-refractivity contribution in [2.45, 2.75) is 39.3 Å². The van der Waals surface area contributed by atoms with Gasteiger partial charge in [0.15, 0.2) is 6.10 Å². The summed E-state index contributed by atoms with van der Waals surface area (Å²) < 4.78 is 5.25. The number of fused-ring (bicyclic) bond motifs is 1. The van der Waals surface area contributed by atoms with E-state index in [9.17, 15) is 14.4 Å². The Morgan fingerprint density at radius 3 is 2.68 bits per heavy atom. The van der Waals surface area contributed by atoms with Crippen LogP contribution >= 0.6 is 0 Å². The van der Waals surface area contributed by atoms with Gasteiger partial charge in [0, 0.05) is 17.3 Å². The fraction of sp³-hybridized carbons (Fsp3) is 0.318. The highest BCUT2D eigenvalue weighted by atomic mass is 16.5. The van der Waals surface area contributed by atoms with Crippen molar-refractivity contribution in [3.63, 3.8) is 0 Å². The first-order chi connectivity index (χ1) is 13.4. The summed E-state index contributed by atoms with van der Waals surface area (Å²) in [5.74, 6) is -1.28. The highest BCUT2D eigenvalue weighted by molar-refractivity contribution is 6.00. The third kappa shape index (κ3) is 4.22. The quantitative estimate of drug-likeness (QED) is 0.809. The smallest absolute Gasteiger partial charge is 0.326 e. The van der Waals surface area contributed by atoms with Crippen molar-refractivity contribution in [3.8, 4) is 0 Å². The van der Waals surface area contributed by atoms with Gasteiger partial charge in [0.2, 0.25) is 0 Å². The Kier molecular flexibility index (Phi) is 5.78. The Hall–Kier alpha value is -3.15. The molecule has 0 bridgehead atoms. The molecule has 1 aliphatic rings. The maximum absolute atomic E-state index is 12.8. The second-order valence-corrected chi connectivity index (χ2v) is 7.07.